The van der Waals surface area contributed by atoms with Crippen LogP contribution in [0.5, 0.6) is 0 Å². The minimum absolute atomic E-state index is 0.643. The topological polar surface area (TPSA) is 35.5 Å². The molecule has 0 aromatic heterocycles. The van der Waals surface area contributed by atoms with Crippen molar-refractivity contribution in [2.45, 2.75) is 19.8 Å². The minimum Gasteiger partial charge on any atom is -0.437 e. The molecule has 3 nitrogen and oxygen atoms in total. The molecule has 0 radical (unpaired) electrons. The number of hydrogen-bond donors (Lipinski definition) is 0. The first kappa shape index (κ1) is 8.84. The fourth-order valence-electron chi connectivity index (χ4n) is 1.06. The first-order valence-corrected chi connectivity index (χ1v) is 3.85. The Balaban J connectivity index is 2.53. The smallest absolute Gasteiger partial charge is 0.437 e. The largest absolute Gasteiger partial charge is 0.513 e. The van der Waals surface area contributed by atoms with Gasteiger partial charge in [-0.2, -0.15) is 0 Å². The van der Waals surface area contributed by atoms with Gasteiger partial charge in [-0.05, 0) is 19.4 Å². The second kappa shape index (κ2) is 3.95. The minimum atomic E-state index is -0.643. The molecule has 0 heterocycles. The molecule has 0 fully saturated rings. The summed E-state index contributed by atoms with van der Waals surface area (Å²) in [5.41, 5.74) is 1.13. The van der Waals surface area contributed by atoms with Crippen LogP contribution in [0.15, 0.2) is 23.5 Å². The van der Waals surface area contributed by atoms with Gasteiger partial charge in [0.2, 0.25) is 0 Å². The van der Waals surface area contributed by atoms with Crippen LogP contribution in [0, 0.1) is 0 Å². The molecule has 1 rings (SSSR count). The van der Waals surface area contributed by atoms with Crippen LogP contribution in [-0.2, 0) is 9.47 Å². The third-order valence-corrected chi connectivity index (χ3v) is 1.63. The van der Waals surface area contributed by atoms with Crippen LogP contribution in [0.3, 0.4) is 0 Å². The van der Waals surface area contributed by atoms with Gasteiger partial charge in [0.1, 0.15) is 5.76 Å². The number of allylic oxidation sites excluding steroid dienone is 4. The van der Waals surface area contributed by atoms with Crippen LogP contribution in [-0.4, -0.2) is 13.3 Å². The van der Waals surface area contributed by atoms with Crippen molar-refractivity contribution in [2.75, 3.05) is 7.11 Å². The van der Waals surface area contributed by atoms with E-state index in [4.69, 9.17) is 4.74 Å². The second-order valence-electron chi connectivity index (χ2n) is 2.65. The van der Waals surface area contributed by atoms with E-state index in [1.165, 1.54) is 7.11 Å². The van der Waals surface area contributed by atoms with E-state index < -0.39 is 6.16 Å². The van der Waals surface area contributed by atoms with Crippen molar-refractivity contribution < 1.29 is 14.3 Å². The molecule has 0 saturated heterocycles. The molecule has 1 aliphatic carbocycles. The zero-order valence-corrected chi connectivity index (χ0v) is 7.29. The SMILES string of the molecule is COC(=O)OC1=CC(C)=CCC1. The quantitative estimate of drug-likeness (QED) is 0.564. The number of carbonyl (C=O) groups excluding carboxylic acids is 1. The summed E-state index contributed by atoms with van der Waals surface area (Å²) in [5, 5.41) is 0. The van der Waals surface area contributed by atoms with Crippen LogP contribution in [0.25, 0.3) is 0 Å². The average Bonchev–Trinajstić information content (AvgIpc) is 2.04. The van der Waals surface area contributed by atoms with Crippen molar-refractivity contribution in [2.24, 2.45) is 0 Å². The lowest BCUT2D eigenvalue weighted by Crippen LogP contribution is -2.05. The molecule has 0 amide bonds. The maximum absolute atomic E-state index is 10.7. The summed E-state index contributed by atoms with van der Waals surface area (Å²) in [7, 11) is 1.30. The van der Waals surface area contributed by atoms with E-state index in [-0.39, 0.29) is 0 Å². The molecule has 0 unspecified atom stereocenters. The molecule has 0 bridgehead atoms. The zero-order chi connectivity index (χ0) is 8.97. The molecule has 0 aromatic carbocycles. The van der Waals surface area contributed by atoms with Gasteiger partial charge in [0.05, 0.1) is 7.11 Å². The highest BCUT2D eigenvalue weighted by atomic mass is 16.7. The van der Waals surface area contributed by atoms with Crippen molar-refractivity contribution in [3.8, 4) is 0 Å². The lowest BCUT2D eigenvalue weighted by atomic mass is 10.1. The number of rotatable bonds is 1. The van der Waals surface area contributed by atoms with Crippen LogP contribution < -0.4 is 0 Å². The van der Waals surface area contributed by atoms with Crippen LogP contribution in [0.2, 0.25) is 0 Å². The Morgan fingerprint density at radius 2 is 2.33 bits per heavy atom. The van der Waals surface area contributed by atoms with Gasteiger partial charge in [0, 0.05) is 6.42 Å². The lowest BCUT2D eigenvalue weighted by Gasteiger charge is -2.10. The second-order valence-corrected chi connectivity index (χ2v) is 2.65. The summed E-state index contributed by atoms with van der Waals surface area (Å²) in [6.45, 7) is 1.97. The summed E-state index contributed by atoms with van der Waals surface area (Å²) in [5.74, 6) is 0.682. The van der Waals surface area contributed by atoms with Gasteiger partial charge in [0.15, 0.2) is 0 Å². The van der Waals surface area contributed by atoms with Crippen molar-refractivity contribution in [3.63, 3.8) is 0 Å². The maximum atomic E-state index is 10.7. The van der Waals surface area contributed by atoms with E-state index in [0.717, 1.165) is 18.4 Å². The molecule has 1 aliphatic rings. The van der Waals surface area contributed by atoms with Crippen molar-refractivity contribution in [1.82, 2.24) is 0 Å². The van der Waals surface area contributed by atoms with Gasteiger partial charge in [-0.25, -0.2) is 4.79 Å². The van der Waals surface area contributed by atoms with E-state index in [1.54, 1.807) is 0 Å². The van der Waals surface area contributed by atoms with Gasteiger partial charge < -0.3 is 9.47 Å². The normalized spacial score (nSPS) is 16.2. The number of methoxy groups -OCH3 is 1. The molecular weight excluding hydrogens is 156 g/mol. The third kappa shape index (κ3) is 2.42. The Kier molecular flexibility index (Phi) is 2.91. The zero-order valence-electron chi connectivity index (χ0n) is 7.29. The molecule has 0 saturated carbocycles. The standard InChI is InChI=1S/C9H12O3/c1-7-4-3-5-8(6-7)12-9(10)11-2/h4,6H,3,5H2,1-2H3. The lowest BCUT2D eigenvalue weighted by molar-refractivity contribution is 0.0946. The Labute approximate surface area is 71.7 Å². The summed E-state index contributed by atoms with van der Waals surface area (Å²) >= 11 is 0. The van der Waals surface area contributed by atoms with Gasteiger partial charge >= 0.3 is 6.16 Å². The molecule has 3 heteroatoms. The maximum Gasteiger partial charge on any atom is 0.513 e. The first-order chi connectivity index (χ1) is 5.72. The molecule has 0 aliphatic heterocycles. The summed E-state index contributed by atoms with van der Waals surface area (Å²) in [6.07, 6.45) is 5.00. The predicted octanol–water partition coefficient (Wildman–Crippen LogP) is 2.39. The fraction of sp³-hybridized carbons (Fsp3) is 0.444. The molecular formula is C9H12O3. The molecule has 0 atom stereocenters. The van der Waals surface area contributed by atoms with Crippen LogP contribution in [0.1, 0.15) is 19.8 Å². The van der Waals surface area contributed by atoms with E-state index in [2.05, 4.69) is 10.8 Å². The van der Waals surface area contributed by atoms with Gasteiger partial charge in [-0.3, -0.25) is 0 Å². The van der Waals surface area contributed by atoms with E-state index >= 15 is 0 Å². The number of carbonyl (C=O) groups is 1. The van der Waals surface area contributed by atoms with Crippen molar-refractivity contribution in [3.05, 3.63) is 23.5 Å². The van der Waals surface area contributed by atoms with Crippen molar-refractivity contribution >= 4 is 6.16 Å². The highest BCUT2D eigenvalue weighted by molar-refractivity contribution is 5.61. The van der Waals surface area contributed by atoms with Crippen molar-refractivity contribution in [1.29, 1.82) is 0 Å². The van der Waals surface area contributed by atoms with E-state index in [9.17, 15) is 4.79 Å². The van der Waals surface area contributed by atoms with Crippen LogP contribution >= 0.6 is 0 Å². The molecule has 66 valence electrons. The van der Waals surface area contributed by atoms with Gasteiger partial charge in [-0.15, -0.1) is 0 Å². The highest BCUT2D eigenvalue weighted by Crippen LogP contribution is 2.17. The fourth-order valence-corrected chi connectivity index (χ4v) is 1.06. The summed E-state index contributed by atoms with van der Waals surface area (Å²) in [6, 6.07) is 0. The first-order valence-electron chi connectivity index (χ1n) is 3.85. The Morgan fingerprint density at radius 3 is 2.92 bits per heavy atom. The summed E-state index contributed by atoms with van der Waals surface area (Å²) in [4.78, 5) is 10.7. The third-order valence-electron chi connectivity index (χ3n) is 1.63. The summed E-state index contributed by atoms with van der Waals surface area (Å²) < 4.78 is 9.24. The van der Waals surface area contributed by atoms with Gasteiger partial charge in [-0.1, -0.05) is 11.6 Å². The Bertz CT molecular complexity index is 238. The predicted molar refractivity (Wildman–Crippen MR) is 44.6 cm³/mol. The monoisotopic (exact) mass is 168 g/mol. The molecule has 0 N–H and O–H groups in total. The number of hydrogen-bond acceptors (Lipinski definition) is 3. The number of ether oxygens (including phenoxy) is 2. The van der Waals surface area contributed by atoms with Crippen LogP contribution in [0.4, 0.5) is 4.79 Å². The Hall–Kier alpha value is -1.25. The van der Waals surface area contributed by atoms with Gasteiger partial charge in [0.25, 0.3) is 0 Å². The van der Waals surface area contributed by atoms with E-state index in [0.29, 0.717) is 5.76 Å². The Morgan fingerprint density at radius 1 is 1.58 bits per heavy atom. The average molecular weight is 168 g/mol. The molecule has 0 aromatic rings. The molecule has 12 heavy (non-hydrogen) atoms. The van der Waals surface area contributed by atoms with E-state index in [1.807, 2.05) is 13.0 Å². The highest BCUT2D eigenvalue weighted by Gasteiger charge is 2.08. The molecule has 0 spiro atoms.